The molecule has 11 heteroatoms. The molecule has 34 heavy (non-hydrogen) atoms. The predicted octanol–water partition coefficient (Wildman–Crippen LogP) is 3.12. The number of aromatic nitrogens is 3. The van der Waals surface area contributed by atoms with E-state index in [9.17, 15) is 4.79 Å². The zero-order valence-corrected chi connectivity index (χ0v) is 20.8. The summed E-state index contributed by atoms with van der Waals surface area (Å²) in [6.45, 7) is 6.19. The van der Waals surface area contributed by atoms with Crippen LogP contribution in [0.5, 0.6) is 11.5 Å². The molecule has 9 nitrogen and oxygen atoms in total. The Morgan fingerprint density at radius 3 is 2.50 bits per heavy atom. The highest BCUT2D eigenvalue weighted by molar-refractivity contribution is 7.99. The minimum Gasteiger partial charge on any atom is -0.493 e. The number of ether oxygens (including phenoxy) is 2. The Morgan fingerprint density at radius 2 is 1.82 bits per heavy atom. The van der Waals surface area contributed by atoms with Gasteiger partial charge >= 0.3 is 0 Å². The summed E-state index contributed by atoms with van der Waals surface area (Å²) in [5.74, 6) is 1.65. The molecule has 0 bridgehead atoms. The lowest BCUT2D eigenvalue weighted by Gasteiger charge is -2.13. The summed E-state index contributed by atoms with van der Waals surface area (Å²) in [7, 11) is 3.17. The Balaban J connectivity index is 1.79. The second-order valence-electron chi connectivity index (χ2n) is 7.15. The zero-order valence-electron chi connectivity index (χ0n) is 19.1. The molecule has 0 unspecified atom stereocenters. The third-order valence-corrected chi connectivity index (χ3v) is 5.66. The van der Waals surface area contributed by atoms with Gasteiger partial charge in [0.1, 0.15) is 0 Å². The van der Waals surface area contributed by atoms with Gasteiger partial charge < -0.3 is 14.8 Å². The van der Waals surface area contributed by atoms with Gasteiger partial charge in [-0.3, -0.25) is 20.2 Å². The first-order chi connectivity index (χ1) is 16.4. The van der Waals surface area contributed by atoms with Gasteiger partial charge in [-0.15, -0.1) is 10.2 Å². The number of nitrogens with zero attached hydrogens (tertiary/aromatic N) is 3. The van der Waals surface area contributed by atoms with Gasteiger partial charge in [0, 0.05) is 17.8 Å². The van der Waals surface area contributed by atoms with Crippen LogP contribution in [0.2, 0.25) is 0 Å². The van der Waals surface area contributed by atoms with Crippen molar-refractivity contribution in [2.45, 2.75) is 12.1 Å². The van der Waals surface area contributed by atoms with Crippen molar-refractivity contribution in [2.24, 2.45) is 0 Å². The van der Waals surface area contributed by atoms with Gasteiger partial charge in [0.2, 0.25) is 5.91 Å². The summed E-state index contributed by atoms with van der Waals surface area (Å²) in [5, 5.41) is 12.5. The molecule has 0 radical (unpaired) electrons. The fourth-order valence-corrected chi connectivity index (χ4v) is 3.78. The van der Waals surface area contributed by atoms with E-state index >= 15 is 0 Å². The topological polar surface area (TPSA) is 102 Å². The third-order valence-electron chi connectivity index (χ3n) is 4.49. The Morgan fingerprint density at radius 1 is 1.09 bits per heavy atom. The van der Waals surface area contributed by atoms with E-state index in [-0.39, 0.29) is 11.7 Å². The first-order valence-electron chi connectivity index (χ1n) is 10.3. The van der Waals surface area contributed by atoms with Crippen LogP contribution in [0.1, 0.15) is 6.92 Å². The van der Waals surface area contributed by atoms with Gasteiger partial charge in [0.15, 0.2) is 27.6 Å². The number of thioether (sulfide) groups is 1. The lowest BCUT2D eigenvalue weighted by molar-refractivity contribution is -0.119. The van der Waals surface area contributed by atoms with E-state index in [0.29, 0.717) is 34.1 Å². The quantitative estimate of drug-likeness (QED) is 0.178. The largest absolute Gasteiger partial charge is 0.493 e. The molecular formula is C23H26N6O3S2. The van der Waals surface area contributed by atoms with Crippen molar-refractivity contribution in [1.29, 1.82) is 0 Å². The van der Waals surface area contributed by atoms with E-state index < -0.39 is 0 Å². The Labute approximate surface area is 207 Å². The second kappa shape index (κ2) is 12.1. The highest BCUT2D eigenvalue weighted by atomic mass is 32.2. The van der Waals surface area contributed by atoms with Gasteiger partial charge in [0.25, 0.3) is 0 Å². The SMILES string of the molecule is C=C(C)CNC(=S)NNC(=O)CSc1nnc(-c2ccc(OC)c(OC)c2)n1-c1ccccc1. The van der Waals surface area contributed by atoms with Gasteiger partial charge in [-0.25, -0.2) is 0 Å². The molecule has 3 N–H and O–H groups in total. The summed E-state index contributed by atoms with van der Waals surface area (Å²) >= 11 is 6.38. The third kappa shape index (κ3) is 6.49. The van der Waals surface area contributed by atoms with Crippen molar-refractivity contribution in [3.05, 3.63) is 60.7 Å². The van der Waals surface area contributed by atoms with Gasteiger partial charge in [-0.2, -0.15) is 0 Å². The number of hydrogen-bond acceptors (Lipinski definition) is 7. The van der Waals surface area contributed by atoms with Crippen LogP contribution in [-0.4, -0.2) is 52.3 Å². The maximum atomic E-state index is 12.4. The highest BCUT2D eigenvalue weighted by Crippen LogP contribution is 2.34. The number of thiocarbonyl (C=S) groups is 1. The number of methoxy groups -OCH3 is 2. The molecule has 0 saturated carbocycles. The summed E-state index contributed by atoms with van der Waals surface area (Å²) in [5.41, 5.74) is 7.83. The smallest absolute Gasteiger partial charge is 0.248 e. The molecule has 3 rings (SSSR count). The minimum atomic E-state index is -0.264. The molecule has 178 valence electrons. The number of carbonyl (C=O) groups excluding carboxylic acids is 1. The molecule has 0 fully saturated rings. The standard InChI is InChI=1S/C23H26N6O3S2/c1-15(2)13-24-22(33)27-25-20(30)14-34-23-28-26-21(29(23)17-8-6-5-7-9-17)16-10-11-18(31-3)19(12-16)32-4/h5-12H,1,13-14H2,2-4H3,(H,25,30)(H2,24,27,33). The van der Waals surface area contributed by atoms with Crippen LogP contribution >= 0.6 is 24.0 Å². The van der Waals surface area contributed by atoms with Gasteiger partial charge in [0.05, 0.1) is 20.0 Å². The summed E-state index contributed by atoms with van der Waals surface area (Å²) in [6.07, 6.45) is 0. The Kier molecular flexibility index (Phi) is 8.88. The van der Waals surface area contributed by atoms with E-state index in [4.69, 9.17) is 21.7 Å². The zero-order chi connectivity index (χ0) is 24.5. The number of rotatable bonds is 9. The lowest BCUT2D eigenvalue weighted by atomic mass is 10.2. The van der Waals surface area contributed by atoms with Crippen LogP contribution in [0.3, 0.4) is 0 Å². The average molecular weight is 499 g/mol. The lowest BCUT2D eigenvalue weighted by Crippen LogP contribution is -2.47. The van der Waals surface area contributed by atoms with Crippen LogP contribution in [0.15, 0.2) is 65.8 Å². The monoisotopic (exact) mass is 498 g/mol. The first kappa shape index (κ1) is 25.1. The van der Waals surface area contributed by atoms with Gasteiger partial charge in [-0.1, -0.05) is 42.1 Å². The van der Waals surface area contributed by atoms with Crippen LogP contribution in [0, 0.1) is 0 Å². The van der Waals surface area contributed by atoms with Crippen molar-refractivity contribution >= 4 is 35.0 Å². The summed E-state index contributed by atoms with van der Waals surface area (Å²) < 4.78 is 12.7. The molecular weight excluding hydrogens is 472 g/mol. The molecule has 1 aromatic heterocycles. The maximum Gasteiger partial charge on any atom is 0.248 e. The van der Waals surface area contributed by atoms with Crippen molar-refractivity contribution in [3.63, 3.8) is 0 Å². The molecule has 0 aliphatic heterocycles. The molecule has 0 saturated heterocycles. The second-order valence-corrected chi connectivity index (χ2v) is 8.50. The number of carbonyl (C=O) groups is 1. The Bertz CT molecular complexity index is 1170. The van der Waals surface area contributed by atoms with Crippen LogP contribution < -0.4 is 25.6 Å². The molecule has 3 aromatic rings. The minimum absolute atomic E-state index is 0.104. The summed E-state index contributed by atoms with van der Waals surface area (Å²) in [4.78, 5) is 12.4. The van der Waals surface area contributed by atoms with Crippen molar-refractivity contribution in [1.82, 2.24) is 30.9 Å². The predicted molar refractivity (Wildman–Crippen MR) is 137 cm³/mol. The van der Waals surface area contributed by atoms with E-state index in [0.717, 1.165) is 16.8 Å². The van der Waals surface area contributed by atoms with Crippen LogP contribution in [0.4, 0.5) is 0 Å². The van der Waals surface area contributed by atoms with Gasteiger partial charge in [-0.05, 0) is 49.5 Å². The van der Waals surface area contributed by atoms with E-state index in [1.165, 1.54) is 11.8 Å². The molecule has 0 aliphatic rings. The van der Waals surface area contributed by atoms with E-state index in [1.807, 2.05) is 60.0 Å². The molecule has 2 aromatic carbocycles. The fraction of sp³-hybridized carbons (Fsp3) is 0.217. The molecule has 1 amide bonds. The number of hydrazine groups is 1. The summed E-state index contributed by atoms with van der Waals surface area (Å²) in [6, 6.07) is 15.2. The normalized spacial score (nSPS) is 10.3. The van der Waals surface area contributed by atoms with Crippen molar-refractivity contribution in [2.75, 3.05) is 26.5 Å². The van der Waals surface area contributed by atoms with Crippen molar-refractivity contribution < 1.29 is 14.3 Å². The number of benzene rings is 2. The number of nitrogens with one attached hydrogen (secondary N) is 3. The molecule has 1 heterocycles. The fourth-order valence-electron chi connectivity index (χ4n) is 2.90. The maximum absolute atomic E-state index is 12.4. The van der Waals surface area contributed by atoms with Crippen LogP contribution in [0.25, 0.3) is 17.1 Å². The number of amides is 1. The number of hydrogen-bond donors (Lipinski definition) is 3. The van der Waals surface area contributed by atoms with Crippen LogP contribution in [-0.2, 0) is 4.79 Å². The number of para-hydroxylation sites is 1. The molecule has 0 atom stereocenters. The van der Waals surface area contributed by atoms with E-state index in [2.05, 4.69) is 32.9 Å². The van der Waals surface area contributed by atoms with Crippen molar-refractivity contribution in [3.8, 4) is 28.6 Å². The molecule has 0 spiro atoms. The van der Waals surface area contributed by atoms with E-state index in [1.54, 1.807) is 14.2 Å². The average Bonchev–Trinajstić information content (AvgIpc) is 3.28. The first-order valence-corrected chi connectivity index (χ1v) is 11.7. The Hall–Kier alpha value is -3.57. The highest BCUT2D eigenvalue weighted by Gasteiger charge is 2.18. The molecule has 0 aliphatic carbocycles.